The van der Waals surface area contributed by atoms with Crippen molar-refractivity contribution in [3.63, 3.8) is 0 Å². The SMILES string of the molecule is C=CCC(C)OC(=O)CCCCCCCCC(=O)OCCC. The molecule has 0 fully saturated rings. The Balaban J connectivity index is 3.34. The van der Waals surface area contributed by atoms with Crippen LogP contribution in [0.15, 0.2) is 12.7 Å². The molecule has 0 rings (SSSR count). The van der Waals surface area contributed by atoms with E-state index in [-0.39, 0.29) is 18.0 Å². The van der Waals surface area contributed by atoms with Gasteiger partial charge in [0.2, 0.25) is 0 Å². The van der Waals surface area contributed by atoms with Crippen LogP contribution in [0.3, 0.4) is 0 Å². The van der Waals surface area contributed by atoms with Crippen molar-refractivity contribution in [3.05, 3.63) is 12.7 Å². The maximum Gasteiger partial charge on any atom is 0.306 e. The van der Waals surface area contributed by atoms with Crippen LogP contribution in [-0.2, 0) is 19.1 Å². The monoisotopic (exact) mass is 312 g/mol. The molecule has 0 aromatic rings. The van der Waals surface area contributed by atoms with Crippen molar-refractivity contribution in [1.82, 2.24) is 0 Å². The maximum atomic E-state index is 11.5. The molecule has 0 bridgehead atoms. The molecular formula is C18H32O4. The highest BCUT2D eigenvalue weighted by Gasteiger charge is 2.07. The van der Waals surface area contributed by atoms with Crippen LogP contribution in [0.2, 0.25) is 0 Å². The fourth-order valence-electron chi connectivity index (χ4n) is 2.10. The Bertz CT molecular complexity index is 312. The van der Waals surface area contributed by atoms with Gasteiger partial charge in [0.1, 0.15) is 6.10 Å². The van der Waals surface area contributed by atoms with Crippen LogP contribution in [0.4, 0.5) is 0 Å². The number of carbonyl (C=O) groups excluding carboxylic acids is 2. The summed E-state index contributed by atoms with van der Waals surface area (Å²) < 4.78 is 10.2. The van der Waals surface area contributed by atoms with Crippen molar-refractivity contribution >= 4 is 11.9 Å². The summed E-state index contributed by atoms with van der Waals surface area (Å²) in [5.41, 5.74) is 0. The number of unbranched alkanes of at least 4 members (excludes halogenated alkanes) is 5. The summed E-state index contributed by atoms with van der Waals surface area (Å²) in [7, 11) is 0. The van der Waals surface area contributed by atoms with Crippen molar-refractivity contribution in [2.45, 2.75) is 84.2 Å². The summed E-state index contributed by atoms with van der Waals surface area (Å²) in [6, 6.07) is 0. The van der Waals surface area contributed by atoms with Gasteiger partial charge >= 0.3 is 11.9 Å². The normalized spacial score (nSPS) is 11.7. The molecule has 22 heavy (non-hydrogen) atoms. The van der Waals surface area contributed by atoms with Gasteiger partial charge in [0.15, 0.2) is 0 Å². The second-order valence-electron chi connectivity index (χ2n) is 5.67. The largest absolute Gasteiger partial charge is 0.466 e. The van der Waals surface area contributed by atoms with E-state index in [0.717, 1.165) is 44.9 Å². The molecular weight excluding hydrogens is 280 g/mol. The highest BCUT2D eigenvalue weighted by molar-refractivity contribution is 5.69. The third-order valence-corrected chi connectivity index (χ3v) is 3.31. The molecule has 4 heteroatoms. The predicted octanol–water partition coefficient (Wildman–Crippen LogP) is 4.57. The second-order valence-corrected chi connectivity index (χ2v) is 5.67. The molecule has 1 atom stereocenters. The number of esters is 2. The molecule has 1 unspecified atom stereocenters. The Kier molecular flexibility index (Phi) is 13.7. The van der Waals surface area contributed by atoms with E-state index in [4.69, 9.17) is 9.47 Å². The van der Waals surface area contributed by atoms with E-state index in [1.54, 1.807) is 6.08 Å². The Morgan fingerprint density at radius 2 is 1.55 bits per heavy atom. The van der Waals surface area contributed by atoms with E-state index in [9.17, 15) is 9.59 Å². The first-order valence-electron chi connectivity index (χ1n) is 8.56. The average Bonchev–Trinajstić information content (AvgIpc) is 2.47. The summed E-state index contributed by atoms with van der Waals surface area (Å²) in [6.45, 7) is 8.02. The third kappa shape index (κ3) is 13.7. The third-order valence-electron chi connectivity index (χ3n) is 3.31. The van der Waals surface area contributed by atoms with Gasteiger partial charge in [0.05, 0.1) is 6.61 Å². The molecule has 0 radical (unpaired) electrons. The van der Waals surface area contributed by atoms with Crippen LogP contribution in [0, 0.1) is 0 Å². The van der Waals surface area contributed by atoms with Crippen LogP contribution < -0.4 is 0 Å². The molecule has 0 saturated heterocycles. The molecule has 0 heterocycles. The first-order chi connectivity index (χ1) is 10.6. The quantitative estimate of drug-likeness (QED) is 0.268. The summed E-state index contributed by atoms with van der Waals surface area (Å²) in [4.78, 5) is 22.8. The van der Waals surface area contributed by atoms with Gasteiger partial charge in [0.25, 0.3) is 0 Å². The van der Waals surface area contributed by atoms with Gasteiger partial charge in [-0.05, 0) is 26.2 Å². The molecule has 0 aliphatic rings. The lowest BCUT2D eigenvalue weighted by Gasteiger charge is -2.10. The van der Waals surface area contributed by atoms with Crippen molar-refractivity contribution in [2.24, 2.45) is 0 Å². The Labute approximate surface area is 135 Å². The predicted molar refractivity (Wildman–Crippen MR) is 88.6 cm³/mol. The Morgan fingerprint density at radius 1 is 1.00 bits per heavy atom. The Morgan fingerprint density at radius 3 is 2.09 bits per heavy atom. The first-order valence-corrected chi connectivity index (χ1v) is 8.56. The second kappa shape index (κ2) is 14.6. The molecule has 0 N–H and O–H groups in total. The smallest absolute Gasteiger partial charge is 0.306 e. The van der Waals surface area contributed by atoms with E-state index in [1.807, 2.05) is 13.8 Å². The minimum Gasteiger partial charge on any atom is -0.466 e. The van der Waals surface area contributed by atoms with E-state index in [1.165, 1.54) is 0 Å². The number of hydrogen-bond acceptors (Lipinski definition) is 4. The maximum absolute atomic E-state index is 11.5. The van der Waals surface area contributed by atoms with Crippen molar-refractivity contribution in [2.75, 3.05) is 6.61 Å². The molecule has 0 spiro atoms. The zero-order valence-corrected chi connectivity index (χ0v) is 14.3. The molecule has 0 aromatic carbocycles. The van der Waals surface area contributed by atoms with Gasteiger partial charge in [0, 0.05) is 19.3 Å². The fourth-order valence-corrected chi connectivity index (χ4v) is 2.10. The van der Waals surface area contributed by atoms with Crippen molar-refractivity contribution in [3.8, 4) is 0 Å². The highest BCUT2D eigenvalue weighted by atomic mass is 16.5. The molecule has 0 amide bonds. The topological polar surface area (TPSA) is 52.6 Å². The van der Waals surface area contributed by atoms with E-state index in [0.29, 0.717) is 25.9 Å². The van der Waals surface area contributed by atoms with Gasteiger partial charge in [-0.25, -0.2) is 0 Å². The van der Waals surface area contributed by atoms with Gasteiger partial charge in [-0.3, -0.25) is 9.59 Å². The number of ether oxygens (including phenoxy) is 2. The first kappa shape index (κ1) is 20.7. The van der Waals surface area contributed by atoms with Crippen LogP contribution >= 0.6 is 0 Å². The number of rotatable bonds is 14. The van der Waals surface area contributed by atoms with Gasteiger partial charge < -0.3 is 9.47 Å². The number of hydrogen-bond donors (Lipinski definition) is 0. The summed E-state index contributed by atoms with van der Waals surface area (Å²) >= 11 is 0. The van der Waals surface area contributed by atoms with Gasteiger partial charge in [-0.1, -0.05) is 38.7 Å². The fraction of sp³-hybridized carbons (Fsp3) is 0.778. The lowest BCUT2D eigenvalue weighted by Crippen LogP contribution is -2.13. The van der Waals surface area contributed by atoms with Gasteiger partial charge in [-0.2, -0.15) is 0 Å². The molecule has 128 valence electrons. The van der Waals surface area contributed by atoms with Crippen molar-refractivity contribution < 1.29 is 19.1 Å². The lowest BCUT2D eigenvalue weighted by molar-refractivity contribution is -0.148. The zero-order chi connectivity index (χ0) is 16.6. The minimum absolute atomic E-state index is 0.0718. The van der Waals surface area contributed by atoms with Crippen LogP contribution in [0.1, 0.15) is 78.1 Å². The van der Waals surface area contributed by atoms with Crippen LogP contribution in [-0.4, -0.2) is 24.6 Å². The summed E-state index contributed by atoms with van der Waals surface area (Å²) in [5.74, 6) is -0.203. The van der Waals surface area contributed by atoms with Gasteiger partial charge in [-0.15, -0.1) is 6.58 Å². The molecule has 4 nitrogen and oxygen atoms in total. The van der Waals surface area contributed by atoms with E-state index in [2.05, 4.69) is 6.58 Å². The van der Waals surface area contributed by atoms with Crippen LogP contribution in [0.5, 0.6) is 0 Å². The van der Waals surface area contributed by atoms with E-state index >= 15 is 0 Å². The Hall–Kier alpha value is -1.32. The average molecular weight is 312 g/mol. The summed E-state index contributed by atoms with van der Waals surface area (Å²) in [5, 5.41) is 0. The number of carbonyl (C=O) groups is 2. The standard InChI is InChI=1S/C18H32O4/c1-4-12-16(3)22-18(20)14-11-9-7-6-8-10-13-17(19)21-15-5-2/h4,16H,1,5-15H2,2-3H3. The highest BCUT2D eigenvalue weighted by Crippen LogP contribution is 2.10. The minimum atomic E-state index is -0.118. The van der Waals surface area contributed by atoms with E-state index < -0.39 is 0 Å². The zero-order valence-electron chi connectivity index (χ0n) is 14.3. The van der Waals surface area contributed by atoms with Crippen molar-refractivity contribution in [1.29, 1.82) is 0 Å². The summed E-state index contributed by atoms with van der Waals surface area (Å²) in [6.07, 6.45) is 10.3. The van der Waals surface area contributed by atoms with Crippen LogP contribution in [0.25, 0.3) is 0 Å². The molecule has 0 saturated carbocycles. The molecule has 0 aliphatic carbocycles. The lowest BCUT2D eigenvalue weighted by atomic mass is 10.1. The molecule has 0 aliphatic heterocycles. The molecule has 0 aromatic heterocycles.